The van der Waals surface area contributed by atoms with Crippen LogP contribution in [-0.4, -0.2) is 20.7 Å². The number of thioether (sulfide) groups is 1. The van der Waals surface area contributed by atoms with Gasteiger partial charge in [0.1, 0.15) is 0 Å². The van der Waals surface area contributed by atoms with Gasteiger partial charge < -0.3 is 9.88 Å². The number of carbonyl (C=O) groups is 1. The number of aromatic nitrogens is 3. The van der Waals surface area contributed by atoms with Gasteiger partial charge in [-0.25, -0.2) is 0 Å². The normalized spacial score (nSPS) is 10.9. The van der Waals surface area contributed by atoms with E-state index in [1.54, 1.807) is 30.0 Å². The first kappa shape index (κ1) is 20.7. The minimum absolute atomic E-state index is 0.268. The average Bonchev–Trinajstić information content (AvgIpc) is 3.07. The molecule has 8 heteroatoms. The molecule has 1 aromatic heterocycles. The van der Waals surface area contributed by atoms with Crippen LogP contribution in [0.1, 0.15) is 34.2 Å². The van der Waals surface area contributed by atoms with E-state index < -0.39 is 0 Å². The van der Waals surface area contributed by atoms with E-state index in [2.05, 4.69) is 46.7 Å². The van der Waals surface area contributed by atoms with Crippen LogP contribution in [0.15, 0.2) is 47.6 Å². The molecule has 5 nitrogen and oxygen atoms in total. The van der Waals surface area contributed by atoms with Crippen molar-refractivity contribution in [2.45, 2.75) is 37.8 Å². The van der Waals surface area contributed by atoms with Crippen LogP contribution >= 0.6 is 35.0 Å². The van der Waals surface area contributed by atoms with Gasteiger partial charge in [0.25, 0.3) is 5.91 Å². The summed E-state index contributed by atoms with van der Waals surface area (Å²) in [7, 11) is 0. The van der Waals surface area contributed by atoms with E-state index in [1.165, 1.54) is 11.1 Å². The fourth-order valence-electron chi connectivity index (χ4n) is 2.63. The highest BCUT2D eigenvalue weighted by Gasteiger charge is 2.15. The smallest absolute Gasteiger partial charge is 0.253 e. The van der Waals surface area contributed by atoms with Gasteiger partial charge in [0.15, 0.2) is 11.0 Å². The van der Waals surface area contributed by atoms with E-state index in [-0.39, 0.29) is 12.5 Å². The molecule has 0 aliphatic heterocycles. The Morgan fingerprint density at radius 1 is 1.14 bits per heavy atom. The van der Waals surface area contributed by atoms with Crippen molar-refractivity contribution < 1.29 is 4.79 Å². The van der Waals surface area contributed by atoms with Crippen LogP contribution in [-0.2, 0) is 18.8 Å². The summed E-state index contributed by atoms with van der Waals surface area (Å²) in [5.41, 5.74) is 2.85. The molecule has 28 heavy (non-hydrogen) atoms. The summed E-state index contributed by atoms with van der Waals surface area (Å²) in [5, 5.41) is 13.0. The highest BCUT2D eigenvalue weighted by atomic mass is 35.5. The average molecular weight is 435 g/mol. The molecular weight excluding hydrogens is 415 g/mol. The lowest BCUT2D eigenvalue weighted by Crippen LogP contribution is -2.25. The van der Waals surface area contributed by atoms with Gasteiger partial charge in [0.05, 0.1) is 17.1 Å². The Balaban J connectivity index is 1.64. The molecule has 0 atom stereocenters. The molecule has 3 rings (SSSR count). The second-order valence-corrected chi connectivity index (χ2v) is 8.01. The molecule has 0 radical (unpaired) electrons. The lowest BCUT2D eigenvalue weighted by Gasteiger charge is -2.09. The summed E-state index contributed by atoms with van der Waals surface area (Å²) in [5.74, 6) is 1.24. The maximum absolute atomic E-state index is 12.4. The number of halogens is 2. The van der Waals surface area contributed by atoms with E-state index in [4.69, 9.17) is 23.2 Å². The van der Waals surface area contributed by atoms with Gasteiger partial charge in [-0.2, -0.15) is 0 Å². The molecular formula is C20H20Cl2N4OS. The Bertz CT molecular complexity index is 973. The highest BCUT2D eigenvalue weighted by Crippen LogP contribution is 2.23. The predicted octanol–water partition coefficient (Wildman–Crippen LogP) is 5.14. The maximum atomic E-state index is 12.4. The number of nitrogens with zero attached hydrogens (tertiary/aromatic N) is 3. The first-order valence-corrected chi connectivity index (χ1v) is 10.6. The number of hydrogen-bond acceptors (Lipinski definition) is 4. The number of benzene rings is 2. The van der Waals surface area contributed by atoms with Crippen LogP contribution < -0.4 is 5.32 Å². The largest absolute Gasteiger partial charge is 0.345 e. The number of aryl methyl sites for hydroxylation is 1. The van der Waals surface area contributed by atoms with Gasteiger partial charge in [0.2, 0.25) is 0 Å². The zero-order valence-corrected chi connectivity index (χ0v) is 17.9. The third kappa shape index (κ3) is 5.07. The van der Waals surface area contributed by atoms with Crippen molar-refractivity contribution in [2.75, 3.05) is 0 Å². The van der Waals surface area contributed by atoms with Gasteiger partial charge in [-0.3, -0.25) is 4.79 Å². The van der Waals surface area contributed by atoms with Gasteiger partial charge in [-0.05, 0) is 37.6 Å². The molecule has 146 valence electrons. The standard InChI is InChI=1S/C20H20Cl2N4OS/c1-3-26-18(11-23-19(27)16-9-8-15(21)10-17(16)22)24-25-20(26)28-12-14-6-4-13(2)5-7-14/h4-10H,3,11-12H2,1-2H3,(H,23,27). The monoisotopic (exact) mass is 434 g/mol. The van der Waals surface area contributed by atoms with E-state index in [0.717, 1.165) is 17.5 Å². The summed E-state index contributed by atoms with van der Waals surface area (Å²) < 4.78 is 2.00. The van der Waals surface area contributed by atoms with Gasteiger partial charge in [-0.1, -0.05) is 64.8 Å². The van der Waals surface area contributed by atoms with Crippen LogP contribution in [0.2, 0.25) is 10.0 Å². The second-order valence-electron chi connectivity index (χ2n) is 6.22. The quantitative estimate of drug-likeness (QED) is 0.523. The highest BCUT2D eigenvalue weighted by molar-refractivity contribution is 7.98. The summed E-state index contributed by atoms with van der Waals surface area (Å²) in [4.78, 5) is 12.4. The van der Waals surface area contributed by atoms with E-state index in [0.29, 0.717) is 21.4 Å². The molecule has 0 unspecified atom stereocenters. The van der Waals surface area contributed by atoms with Crippen LogP contribution in [0.25, 0.3) is 0 Å². The molecule has 0 bridgehead atoms. The fourth-order valence-corrected chi connectivity index (χ4v) is 4.11. The zero-order chi connectivity index (χ0) is 20.1. The number of amides is 1. The van der Waals surface area contributed by atoms with Crippen LogP contribution in [0.3, 0.4) is 0 Å². The summed E-state index contributed by atoms with van der Waals surface area (Å²) >= 11 is 13.6. The Labute approximate surface area is 178 Å². The van der Waals surface area contributed by atoms with E-state index in [1.807, 2.05) is 11.5 Å². The van der Waals surface area contributed by atoms with Crippen molar-refractivity contribution in [3.8, 4) is 0 Å². The van der Waals surface area contributed by atoms with E-state index >= 15 is 0 Å². The minimum atomic E-state index is -0.277. The summed E-state index contributed by atoms with van der Waals surface area (Å²) in [6.45, 7) is 5.09. The molecule has 2 aromatic carbocycles. The molecule has 1 heterocycles. The molecule has 0 aliphatic rings. The summed E-state index contributed by atoms with van der Waals surface area (Å²) in [6.07, 6.45) is 0. The Morgan fingerprint density at radius 2 is 1.89 bits per heavy atom. The van der Waals surface area contributed by atoms with Gasteiger partial charge in [0, 0.05) is 17.3 Å². The van der Waals surface area contributed by atoms with Crippen LogP contribution in [0.5, 0.6) is 0 Å². The second kappa shape index (κ2) is 9.45. The number of nitrogens with one attached hydrogen (secondary N) is 1. The van der Waals surface area contributed by atoms with Crippen molar-refractivity contribution >= 4 is 40.9 Å². The zero-order valence-electron chi connectivity index (χ0n) is 15.6. The van der Waals surface area contributed by atoms with Gasteiger partial charge >= 0.3 is 0 Å². The molecule has 3 aromatic rings. The Hall–Kier alpha value is -2.02. The SMILES string of the molecule is CCn1c(CNC(=O)c2ccc(Cl)cc2Cl)nnc1SCc1ccc(C)cc1. The molecule has 0 spiro atoms. The first-order valence-electron chi connectivity index (χ1n) is 8.81. The minimum Gasteiger partial charge on any atom is -0.345 e. The summed E-state index contributed by atoms with van der Waals surface area (Å²) in [6, 6.07) is 13.2. The lowest BCUT2D eigenvalue weighted by molar-refractivity contribution is 0.0949. The topological polar surface area (TPSA) is 59.8 Å². The van der Waals surface area contributed by atoms with Crippen LogP contribution in [0.4, 0.5) is 0 Å². The maximum Gasteiger partial charge on any atom is 0.253 e. The van der Waals surface area contributed by atoms with Crippen molar-refractivity contribution in [1.82, 2.24) is 20.1 Å². The van der Waals surface area contributed by atoms with Crippen molar-refractivity contribution in [3.63, 3.8) is 0 Å². The van der Waals surface area contributed by atoms with Crippen molar-refractivity contribution in [3.05, 3.63) is 75.0 Å². The molecule has 1 amide bonds. The Morgan fingerprint density at radius 3 is 2.57 bits per heavy atom. The Kier molecular flexibility index (Phi) is 6.99. The predicted molar refractivity (Wildman–Crippen MR) is 114 cm³/mol. The molecule has 0 saturated carbocycles. The lowest BCUT2D eigenvalue weighted by atomic mass is 10.2. The third-order valence-electron chi connectivity index (χ3n) is 4.18. The molecule has 1 N–H and O–H groups in total. The van der Waals surface area contributed by atoms with E-state index in [9.17, 15) is 4.79 Å². The number of hydrogen-bond donors (Lipinski definition) is 1. The molecule has 0 aliphatic carbocycles. The first-order chi connectivity index (χ1) is 13.5. The van der Waals surface area contributed by atoms with Crippen molar-refractivity contribution in [2.24, 2.45) is 0 Å². The third-order valence-corrected chi connectivity index (χ3v) is 5.77. The number of rotatable bonds is 7. The van der Waals surface area contributed by atoms with Gasteiger partial charge in [-0.15, -0.1) is 10.2 Å². The molecule has 0 saturated heterocycles. The van der Waals surface area contributed by atoms with Crippen LogP contribution in [0, 0.1) is 6.92 Å². The molecule has 0 fully saturated rings. The number of carbonyl (C=O) groups excluding carboxylic acids is 1. The fraction of sp³-hybridized carbons (Fsp3) is 0.250. The van der Waals surface area contributed by atoms with Crippen molar-refractivity contribution in [1.29, 1.82) is 0 Å².